The van der Waals surface area contributed by atoms with Crippen molar-refractivity contribution in [3.05, 3.63) is 48.0 Å². The summed E-state index contributed by atoms with van der Waals surface area (Å²) >= 11 is 0. The fraction of sp³-hybridized carbons (Fsp3) is 0.294. The average Bonchev–Trinajstić information content (AvgIpc) is 2.46. The minimum Gasteiger partial charge on any atom is -0.481 e. The lowest BCUT2D eigenvalue weighted by molar-refractivity contribution is -0.137. The van der Waals surface area contributed by atoms with Crippen LogP contribution in [0.15, 0.2) is 42.5 Å². The summed E-state index contributed by atoms with van der Waals surface area (Å²) in [6.45, 7) is 1.92. The maximum absolute atomic E-state index is 11.8. The van der Waals surface area contributed by atoms with E-state index in [1.54, 1.807) is 0 Å². The molecule has 110 valence electrons. The standard InChI is InChI=1S/C17H19NO3/c1-2-5-16(19)18-15(11-17(20)21)14-9-8-12-6-3-4-7-13(12)10-14/h3-4,6-10,15H,2,5,11H2,1H3,(H,18,19)(H,20,21)/t15-/m0/s1. The molecule has 2 aromatic rings. The number of hydrogen-bond acceptors (Lipinski definition) is 2. The molecule has 0 aliphatic carbocycles. The van der Waals surface area contributed by atoms with E-state index in [-0.39, 0.29) is 12.3 Å². The largest absolute Gasteiger partial charge is 0.481 e. The predicted octanol–water partition coefficient (Wildman–Crippen LogP) is 3.27. The van der Waals surface area contributed by atoms with Crippen LogP contribution in [0.2, 0.25) is 0 Å². The van der Waals surface area contributed by atoms with E-state index in [1.165, 1.54) is 0 Å². The highest BCUT2D eigenvalue weighted by atomic mass is 16.4. The zero-order valence-corrected chi connectivity index (χ0v) is 12.0. The van der Waals surface area contributed by atoms with E-state index < -0.39 is 12.0 Å². The molecule has 4 nitrogen and oxygen atoms in total. The van der Waals surface area contributed by atoms with Gasteiger partial charge in [-0.1, -0.05) is 43.3 Å². The van der Waals surface area contributed by atoms with Gasteiger partial charge in [0.1, 0.15) is 0 Å². The molecule has 0 spiro atoms. The third kappa shape index (κ3) is 4.05. The Labute approximate surface area is 123 Å². The Morgan fingerprint density at radius 3 is 2.52 bits per heavy atom. The first-order chi connectivity index (χ1) is 10.1. The van der Waals surface area contributed by atoms with Crippen LogP contribution in [0, 0.1) is 0 Å². The van der Waals surface area contributed by atoms with Gasteiger partial charge in [-0.15, -0.1) is 0 Å². The van der Waals surface area contributed by atoms with Crippen molar-refractivity contribution in [3.63, 3.8) is 0 Å². The zero-order chi connectivity index (χ0) is 15.2. The maximum Gasteiger partial charge on any atom is 0.305 e. The van der Waals surface area contributed by atoms with Crippen LogP contribution < -0.4 is 5.32 Å². The minimum atomic E-state index is -0.926. The van der Waals surface area contributed by atoms with Crippen molar-refractivity contribution in [2.45, 2.75) is 32.2 Å². The van der Waals surface area contributed by atoms with Crippen LogP contribution in [0.1, 0.15) is 37.8 Å². The molecule has 0 unspecified atom stereocenters. The fourth-order valence-electron chi connectivity index (χ4n) is 2.34. The highest BCUT2D eigenvalue weighted by molar-refractivity contribution is 5.84. The lowest BCUT2D eigenvalue weighted by Gasteiger charge is -2.18. The van der Waals surface area contributed by atoms with Gasteiger partial charge in [0.2, 0.25) is 5.91 Å². The third-order valence-corrected chi connectivity index (χ3v) is 3.37. The fourth-order valence-corrected chi connectivity index (χ4v) is 2.34. The first kappa shape index (κ1) is 15.0. The van der Waals surface area contributed by atoms with Crippen LogP contribution in [0.5, 0.6) is 0 Å². The maximum atomic E-state index is 11.8. The molecule has 0 radical (unpaired) electrons. The molecule has 0 aliphatic heterocycles. The van der Waals surface area contributed by atoms with Crippen LogP contribution in [-0.2, 0) is 9.59 Å². The van der Waals surface area contributed by atoms with Crippen molar-refractivity contribution in [2.75, 3.05) is 0 Å². The SMILES string of the molecule is CCCC(=O)N[C@@H](CC(=O)O)c1ccc2ccccc2c1. The topological polar surface area (TPSA) is 66.4 Å². The van der Waals surface area contributed by atoms with E-state index in [9.17, 15) is 9.59 Å². The van der Waals surface area contributed by atoms with Crippen LogP contribution in [0.3, 0.4) is 0 Å². The molecule has 1 atom stereocenters. The molecular formula is C17H19NO3. The number of rotatable bonds is 6. The van der Waals surface area contributed by atoms with Gasteiger partial charge in [0.15, 0.2) is 0 Å². The highest BCUT2D eigenvalue weighted by Crippen LogP contribution is 2.22. The molecular weight excluding hydrogens is 266 g/mol. The van der Waals surface area contributed by atoms with E-state index >= 15 is 0 Å². The Morgan fingerprint density at radius 1 is 1.14 bits per heavy atom. The molecule has 2 N–H and O–H groups in total. The first-order valence-electron chi connectivity index (χ1n) is 7.10. The Bertz CT molecular complexity index is 651. The Hall–Kier alpha value is -2.36. The lowest BCUT2D eigenvalue weighted by atomic mass is 9.99. The smallest absolute Gasteiger partial charge is 0.305 e. The van der Waals surface area contributed by atoms with Gasteiger partial charge in [0.25, 0.3) is 0 Å². The molecule has 0 aliphatic rings. The van der Waals surface area contributed by atoms with Gasteiger partial charge in [-0.25, -0.2) is 0 Å². The summed E-state index contributed by atoms with van der Waals surface area (Å²) in [6.07, 6.45) is 1.03. The van der Waals surface area contributed by atoms with Crippen molar-refractivity contribution in [1.29, 1.82) is 0 Å². The molecule has 0 bridgehead atoms. The summed E-state index contributed by atoms with van der Waals surface area (Å²) in [7, 11) is 0. The van der Waals surface area contributed by atoms with E-state index in [2.05, 4.69) is 5.32 Å². The van der Waals surface area contributed by atoms with Gasteiger partial charge in [-0.3, -0.25) is 9.59 Å². The molecule has 0 aromatic heterocycles. The number of hydrogen-bond donors (Lipinski definition) is 2. The van der Waals surface area contributed by atoms with Gasteiger partial charge >= 0.3 is 5.97 Å². The first-order valence-corrected chi connectivity index (χ1v) is 7.10. The number of benzene rings is 2. The molecule has 0 heterocycles. The van der Waals surface area contributed by atoms with Gasteiger partial charge in [0, 0.05) is 6.42 Å². The molecule has 1 amide bonds. The second-order valence-electron chi connectivity index (χ2n) is 5.07. The highest BCUT2D eigenvalue weighted by Gasteiger charge is 2.18. The van der Waals surface area contributed by atoms with Crippen molar-refractivity contribution in [3.8, 4) is 0 Å². The number of carbonyl (C=O) groups excluding carboxylic acids is 1. The van der Waals surface area contributed by atoms with Crippen LogP contribution >= 0.6 is 0 Å². The average molecular weight is 285 g/mol. The van der Waals surface area contributed by atoms with Crippen molar-refractivity contribution in [1.82, 2.24) is 5.32 Å². The van der Waals surface area contributed by atoms with Gasteiger partial charge in [-0.05, 0) is 28.8 Å². The molecule has 21 heavy (non-hydrogen) atoms. The summed E-state index contributed by atoms with van der Waals surface area (Å²) in [5.74, 6) is -1.04. The van der Waals surface area contributed by atoms with Gasteiger partial charge < -0.3 is 10.4 Å². The van der Waals surface area contributed by atoms with Gasteiger partial charge in [-0.2, -0.15) is 0 Å². The van der Waals surface area contributed by atoms with E-state index in [4.69, 9.17) is 5.11 Å². The second-order valence-corrected chi connectivity index (χ2v) is 5.07. The number of amides is 1. The Balaban J connectivity index is 2.28. The molecule has 2 aromatic carbocycles. The second kappa shape index (κ2) is 6.88. The quantitative estimate of drug-likeness (QED) is 0.856. The molecule has 0 saturated heterocycles. The van der Waals surface area contributed by atoms with E-state index in [1.807, 2.05) is 49.4 Å². The number of fused-ring (bicyclic) bond motifs is 1. The number of carbonyl (C=O) groups is 2. The van der Waals surface area contributed by atoms with Crippen molar-refractivity contribution < 1.29 is 14.7 Å². The van der Waals surface area contributed by atoms with E-state index in [0.29, 0.717) is 6.42 Å². The van der Waals surface area contributed by atoms with Crippen molar-refractivity contribution in [2.24, 2.45) is 0 Å². The number of carboxylic acid groups (broad SMARTS) is 1. The summed E-state index contributed by atoms with van der Waals surface area (Å²) in [6, 6.07) is 13.1. The molecule has 2 rings (SSSR count). The summed E-state index contributed by atoms with van der Waals surface area (Å²) in [4.78, 5) is 22.8. The van der Waals surface area contributed by atoms with Gasteiger partial charge in [0.05, 0.1) is 12.5 Å². The van der Waals surface area contributed by atoms with Crippen LogP contribution in [-0.4, -0.2) is 17.0 Å². The number of aliphatic carboxylic acids is 1. The molecule has 4 heteroatoms. The van der Waals surface area contributed by atoms with Crippen LogP contribution in [0.4, 0.5) is 0 Å². The monoisotopic (exact) mass is 285 g/mol. The lowest BCUT2D eigenvalue weighted by Crippen LogP contribution is -2.29. The summed E-state index contributed by atoms with van der Waals surface area (Å²) in [5.41, 5.74) is 0.820. The molecule has 0 saturated carbocycles. The normalized spacial score (nSPS) is 12.0. The number of carboxylic acids is 1. The minimum absolute atomic E-state index is 0.114. The van der Waals surface area contributed by atoms with Crippen molar-refractivity contribution >= 4 is 22.6 Å². The number of nitrogens with one attached hydrogen (secondary N) is 1. The van der Waals surface area contributed by atoms with E-state index in [0.717, 1.165) is 22.8 Å². The summed E-state index contributed by atoms with van der Waals surface area (Å²) in [5, 5.41) is 14.0. The predicted molar refractivity (Wildman–Crippen MR) is 82.0 cm³/mol. The Kier molecular flexibility index (Phi) is 4.93. The molecule has 0 fully saturated rings. The zero-order valence-electron chi connectivity index (χ0n) is 12.0. The Morgan fingerprint density at radius 2 is 1.86 bits per heavy atom. The summed E-state index contributed by atoms with van der Waals surface area (Å²) < 4.78 is 0. The third-order valence-electron chi connectivity index (χ3n) is 3.37. The van der Waals surface area contributed by atoms with Crippen LogP contribution in [0.25, 0.3) is 10.8 Å².